The van der Waals surface area contributed by atoms with Gasteiger partial charge in [0.25, 0.3) is 5.91 Å². The van der Waals surface area contributed by atoms with Crippen molar-refractivity contribution in [1.29, 1.82) is 0 Å². The molecule has 0 bridgehead atoms. The zero-order valence-corrected chi connectivity index (χ0v) is 10.1. The second kappa shape index (κ2) is 5.00. The summed E-state index contributed by atoms with van der Waals surface area (Å²) in [5.74, 6) is 0.0245. The van der Waals surface area contributed by atoms with Crippen molar-refractivity contribution >= 4 is 5.91 Å². The van der Waals surface area contributed by atoms with Crippen LogP contribution < -0.4 is 5.32 Å². The lowest BCUT2D eigenvalue weighted by molar-refractivity contribution is 0.0930. The molecule has 5 heteroatoms. The number of nitrogens with one attached hydrogen (secondary N) is 1. The number of halogens is 1. The highest BCUT2D eigenvalue weighted by Gasteiger charge is 2.17. The average molecular weight is 248 g/mol. The Kier molecular flexibility index (Phi) is 3.41. The predicted molar refractivity (Wildman–Crippen MR) is 63.5 cm³/mol. The monoisotopic (exact) mass is 248 g/mol. The van der Waals surface area contributed by atoms with Crippen LogP contribution in [0.15, 0.2) is 34.9 Å². The van der Waals surface area contributed by atoms with Crippen LogP contribution >= 0.6 is 0 Å². The van der Waals surface area contributed by atoms with Gasteiger partial charge in [0.1, 0.15) is 17.6 Å². The first-order valence-corrected chi connectivity index (χ1v) is 5.55. The van der Waals surface area contributed by atoms with Crippen LogP contribution in [-0.2, 0) is 0 Å². The van der Waals surface area contributed by atoms with Crippen LogP contribution in [0.4, 0.5) is 4.39 Å². The molecule has 0 saturated heterocycles. The summed E-state index contributed by atoms with van der Waals surface area (Å²) in [6, 6.07) is 5.41. The van der Waals surface area contributed by atoms with E-state index in [9.17, 15) is 9.18 Å². The van der Waals surface area contributed by atoms with Crippen LogP contribution in [0.1, 0.15) is 35.0 Å². The first kappa shape index (κ1) is 12.3. The Morgan fingerprint density at radius 2 is 2.17 bits per heavy atom. The van der Waals surface area contributed by atoms with Crippen LogP contribution in [0.2, 0.25) is 0 Å². The Hall–Kier alpha value is -2.17. The fraction of sp³-hybridized carbons (Fsp3) is 0.231. The van der Waals surface area contributed by atoms with Crippen molar-refractivity contribution in [3.63, 3.8) is 0 Å². The highest BCUT2D eigenvalue weighted by atomic mass is 19.1. The van der Waals surface area contributed by atoms with Crippen molar-refractivity contribution < 1.29 is 13.6 Å². The van der Waals surface area contributed by atoms with Crippen molar-refractivity contribution in [3.8, 4) is 0 Å². The van der Waals surface area contributed by atoms with Gasteiger partial charge in [-0.1, -0.05) is 12.1 Å². The minimum atomic E-state index is -0.550. The number of hydrogen-bond donors (Lipinski definition) is 1. The smallest absolute Gasteiger partial charge is 0.254 e. The maximum Gasteiger partial charge on any atom is 0.254 e. The molecule has 4 nitrogen and oxygen atoms in total. The Bertz CT molecular complexity index is 566. The molecule has 0 spiro atoms. The van der Waals surface area contributed by atoms with Crippen LogP contribution in [0.25, 0.3) is 0 Å². The van der Waals surface area contributed by atoms with Gasteiger partial charge >= 0.3 is 0 Å². The Balaban J connectivity index is 2.10. The van der Waals surface area contributed by atoms with E-state index in [-0.39, 0.29) is 5.56 Å². The lowest BCUT2D eigenvalue weighted by Crippen LogP contribution is -2.27. The first-order chi connectivity index (χ1) is 8.58. The van der Waals surface area contributed by atoms with E-state index in [1.165, 1.54) is 18.2 Å². The molecule has 1 amide bonds. The van der Waals surface area contributed by atoms with Gasteiger partial charge in [-0.3, -0.25) is 4.79 Å². The summed E-state index contributed by atoms with van der Waals surface area (Å²) >= 11 is 0. The molecule has 0 aliphatic carbocycles. The predicted octanol–water partition coefficient (Wildman–Crippen LogP) is 2.61. The highest BCUT2D eigenvalue weighted by Crippen LogP contribution is 2.14. The van der Waals surface area contributed by atoms with Crippen molar-refractivity contribution in [2.45, 2.75) is 19.9 Å². The SMILES string of the molecule is Cc1cnc(C(C)NC(=O)c2ccccc2F)o1. The largest absolute Gasteiger partial charge is 0.444 e. The van der Waals surface area contributed by atoms with E-state index in [1.807, 2.05) is 0 Å². The van der Waals surface area contributed by atoms with Gasteiger partial charge in [0.2, 0.25) is 5.89 Å². The van der Waals surface area contributed by atoms with E-state index in [4.69, 9.17) is 4.42 Å². The zero-order chi connectivity index (χ0) is 13.1. The van der Waals surface area contributed by atoms with Gasteiger partial charge in [0.05, 0.1) is 11.8 Å². The normalized spacial score (nSPS) is 12.2. The topological polar surface area (TPSA) is 55.1 Å². The summed E-state index contributed by atoms with van der Waals surface area (Å²) < 4.78 is 18.7. The third kappa shape index (κ3) is 2.56. The summed E-state index contributed by atoms with van der Waals surface area (Å²) in [5.41, 5.74) is 0.00706. The molecule has 0 radical (unpaired) electrons. The average Bonchev–Trinajstić information content (AvgIpc) is 2.76. The van der Waals surface area contributed by atoms with Crippen molar-refractivity contribution in [2.75, 3.05) is 0 Å². The van der Waals surface area contributed by atoms with E-state index in [1.54, 1.807) is 26.1 Å². The number of oxazole rings is 1. The van der Waals surface area contributed by atoms with E-state index < -0.39 is 17.8 Å². The van der Waals surface area contributed by atoms with Crippen LogP contribution in [-0.4, -0.2) is 10.9 Å². The van der Waals surface area contributed by atoms with Gasteiger partial charge in [-0.05, 0) is 26.0 Å². The fourth-order valence-electron chi connectivity index (χ4n) is 1.55. The maximum atomic E-state index is 13.4. The van der Waals surface area contributed by atoms with Gasteiger partial charge in [-0.25, -0.2) is 9.37 Å². The standard InChI is InChI=1S/C13H13FN2O2/c1-8-7-15-13(18-8)9(2)16-12(17)10-5-3-4-6-11(10)14/h3-7,9H,1-2H3,(H,16,17). The summed E-state index contributed by atoms with van der Waals surface area (Å²) in [4.78, 5) is 15.8. The summed E-state index contributed by atoms with van der Waals surface area (Å²) in [5, 5.41) is 2.63. The number of carbonyl (C=O) groups excluding carboxylic acids is 1. The van der Waals surface area contributed by atoms with Gasteiger partial charge in [-0.2, -0.15) is 0 Å². The number of hydrogen-bond acceptors (Lipinski definition) is 3. The minimum Gasteiger partial charge on any atom is -0.444 e. The molecule has 1 unspecified atom stereocenters. The van der Waals surface area contributed by atoms with E-state index in [0.29, 0.717) is 11.7 Å². The van der Waals surface area contributed by atoms with E-state index in [2.05, 4.69) is 10.3 Å². The van der Waals surface area contributed by atoms with Crippen LogP contribution in [0, 0.1) is 12.7 Å². The number of carbonyl (C=O) groups is 1. The molecule has 0 fully saturated rings. The fourth-order valence-corrected chi connectivity index (χ4v) is 1.55. The molecule has 1 N–H and O–H groups in total. The number of aryl methyl sites for hydroxylation is 1. The number of benzene rings is 1. The summed E-state index contributed by atoms with van der Waals surface area (Å²) in [7, 11) is 0. The molecule has 18 heavy (non-hydrogen) atoms. The maximum absolute atomic E-state index is 13.4. The third-order valence-electron chi connectivity index (χ3n) is 2.48. The Morgan fingerprint density at radius 1 is 1.44 bits per heavy atom. The molecule has 1 atom stereocenters. The second-order valence-electron chi connectivity index (χ2n) is 3.98. The lowest BCUT2D eigenvalue weighted by Gasteiger charge is -2.10. The minimum absolute atomic E-state index is 0.00706. The summed E-state index contributed by atoms with van der Waals surface area (Å²) in [6.07, 6.45) is 1.57. The molecule has 2 aromatic rings. The molecule has 94 valence electrons. The molecule has 2 rings (SSSR count). The Morgan fingerprint density at radius 3 is 2.78 bits per heavy atom. The van der Waals surface area contributed by atoms with Gasteiger partial charge in [0.15, 0.2) is 0 Å². The molecule has 0 saturated carbocycles. The molecule has 1 aromatic carbocycles. The lowest BCUT2D eigenvalue weighted by atomic mass is 10.2. The molecular formula is C13H13FN2O2. The molecular weight excluding hydrogens is 235 g/mol. The highest BCUT2D eigenvalue weighted by molar-refractivity contribution is 5.94. The molecule has 0 aliphatic heterocycles. The van der Waals surface area contributed by atoms with Gasteiger partial charge in [-0.15, -0.1) is 0 Å². The second-order valence-corrected chi connectivity index (χ2v) is 3.98. The number of aromatic nitrogens is 1. The first-order valence-electron chi connectivity index (χ1n) is 5.55. The van der Waals surface area contributed by atoms with E-state index in [0.717, 1.165) is 0 Å². The quantitative estimate of drug-likeness (QED) is 0.908. The third-order valence-corrected chi connectivity index (χ3v) is 2.48. The zero-order valence-electron chi connectivity index (χ0n) is 10.1. The Labute approximate surface area is 104 Å². The van der Waals surface area contributed by atoms with Crippen LogP contribution in [0.3, 0.4) is 0 Å². The number of rotatable bonds is 3. The van der Waals surface area contributed by atoms with Crippen LogP contribution in [0.5, 0.6) is 0 Å². The molecule has 1 aromatic heterocycles. The van der Waals surface area contributed by atoms with Crippen molar-refractivity contribution in [3.05, 3.63) is 53.5 Å². The molecule has 0 aliphatic rings. The van der Waals surface area contributed by atoms with E-state index >= 15 is 0 Å². The number of nitrogens with zero attached hydrogens (tertiary/aromatic N) is 1. The van der Waals surface area contributed by atoms with Gasteiger partial charge in [0, 0.05) is 0 Å². The van der Waals surface area contributed by atoms with Crippen molar-refractivity contribution in [1.82, 2.24) is 10.3 Å². The van der Waals surface area contributed by atoms with Crippen molar-refractivity contribution in [2.24, 2.45) is 0 Å². The number of amides is 1. The van der Waals surface area contributed by atoms with Gasteiger partial charge < -0.3 is 9.73 Å². The molecule has 1 heterocycles. The summed E-state index contributed by atoms with van der Waals surface area (Å²) in [6.45, 7) is 3.49.